The van der Waals surface area contributed by atoms with Crippen molar-refractivity contribution >= 4 is 5.91 Å². The van der Waals surface area contributed by atoms with Gasteiger partial charge in [-0.1, -0.05) is 0 Å². The van der Waals surface area contributed by atoms with Gasteiger partial charge in [0.2, 0.25) is 5.91 Å². The molecular formula is C14H23F2N3O. The molecule has 20 heavy (non-hydrogen) atoms. The first-order chi connectivity index (χ1) is 9.43. The molecule has 3 aliphatic rings. The average molecular weight is 287 g/mol. The second-order valence-corrected chi connectivity index (χ2v) is 6.58. The SMILES string of the molecule is CN1CCN(C(=O)CC2CC2(F)F)CC12CCNCC2. The number of carbonyl (C=O) groups excluding carboxylic acids is 1. The van der Waals surface area contributed by atoms with E-state index in [0.29, 0.717) is 13.1 Å². The number of carbonyl (C=O) groups is 1. The number of nitrogens with one attached hydrogen (secondary N) is 1. The molecule has 3 fully saturated rings. The van der Waals surface area contributed by atoms with Crippen molar-refractivity contribution < 1.29 is 13.6 Å². The predicted octanol–water partition coefficient (Wildman–Crippen LogP) is 0.928. The number of piperazine rings is 1. The summed E-state index contributed by atoms with van der Waals surface area (Å²) in [5.74, 6) is -3.38. The van der Waals surface area contributed by atoms with Gasteiger partial charge in [-0.2, -0.15) is 0 Å². The molecule has 2 aliphatic heterocycles. The Kier molecular flexibility index (Phi) is 3.49. The highest BCUT2D eigenvalue weighted by Crippen LogP contribution is 2.50. The van der Waals surface area contributed by atoms with E-state index in [9.17, 15) is 13.6 Å². The van der Waals surface area contributed by atoms with Gasteiger partial charge in [-0.25, -0.2) is 8.78 Å². The van der Waals surface area contributed by atoms with Crippen LogP contribution >= 0.6 is 0 Å². The van der Waals surface area contributed by atoms with Crippen LogP contribution in [0.4, 0.5) is 8.78 Å². The molecule has 1 atom stereocenters. The second kappa shape index (κ2) is 4.91. The molecule has 0 aromatic carbocycles. The molecule has 0 aromatic rings. The van der Waals surface area contributed by atoms with Crippen molar-refractivity contribution in [2.45, 2.75) is 37.1 Å². The highest BCUT2D eigenvalue weighted by Gasteiger charge is 2.57. The number of rotatable bonds is 2. The van der Waals surface area contributed by atoms with E-state index in [2.05, 4.69) is 17.3 Å². The van der Waals surface area contributed by atoms with Crippen LogP contribution in [0.3, 0.4) is 0 Å². The van der Waals surface area contributed by atoms with Crippen LogP contribution < -0.4 is 5.32 Å². The van der Waals surface area contributed by atoms with E-state index in [4.69, 9.17) is 0 Å². The fourth-order valence-electron chi connectivity index (χ4n) is 3.54. The zero-order valence-corrected chi connectivity index (χ0v) is 12.0. The lowest BCUT2D eigenvalue weighted by molar-refractivity contribution is -0.138. The van der Waals surface area contributed by atoms with Crippen molar-refractivity contribution in [3.63, 3.8) is 0 Å². The number of likely N-dealkylation sites (N-methyl/N-ethyl adjacent to an activating group) is 1. The van der Waals surface area contributed by atoms with Gasteiger partial charge in [-0.3, -0.25) is 9.69 Å². The van der Waals surface area contributed by atoms with Crippen LogP contribution in [0.15, 0.2) is 0 Å². The van der Waals surface area contributed by atoms with Crippen molar-refractivity contribution in [1.82, 2.24) is 15.1 Å². The maximum absolute atomic E-state index is 12.9. The van der Waals surface area contributed by atoms with E-state index < -0.39 is 11.8 Å². The Hall–Kier alpha value is -0.750. The van der Waals surface area contributed by atoms with E-state index in [-0.39, 0.29) is 24.3 Å². The van der Waals surface area contributed by atoms with Gasteiger partial charge in [0.05, 0.1) is 0 Å². The summed E-state index contributed by atoms with van der Waals surface area (Å²) in [5.41, 5.74) is 0.0469. The highest BCUT2D eigenvalue weighted by atomic mass is 19.3. The van der Waals surface area contributed by atoms with Gasteiger partial charge in [0.15, 0.2) is 0 Å². The van der Waals surface area contributed by atoms with E-state index in [1.165, 1.54) is 0 Å². The second-order valence-electron chi connectivity index (χ2n) is 6.58. The summed E-state index contributed by atoms with van der Waals surface area (Å²) in [4.78, 5) is 16.4. The summed E-state index contributed by atoms with van der Waals surface area (Å²) in [5, 5.41) is 3.34. The van der Waals surface area contributed by atoms with Crippen LogP contribution in [0.1, 0.15) is 25.7 Å². The summed E-state index contributed by atoms with van der Waals surface area (Å²) < 4.78 is 25.9. The molecule has 2 saturated heterocycles. The first-order valence-electron chi connectivity index (χ1n) is 7.51. The number of alkyl halides is 2. The molecule has 0 radical (unpaired) electrons. The van der Waals surface area contributed by atoms with E-state index in [1.807, 2.05) is 4.90 Å². The Morgan fingerprint density at radius 3 is 2.55 bits per heavy atom. The smallest absolute Gasteiger partial charge is 0.252 e. The van der Waals surface area contributed by atoms with Gasteiger partial charge >= 0.3 is 0 Å². The monoisotopic (exact) mass is 287 g/mol. The molecule has 1 amide bonds. The van der Waals surface area contributed by atoms with Gasteiger partial charge in [0.1, 0.15) is 0 Å². The maximum Gasteiger partial charge on any atom is 0.252 e. The van der Waals surface area contributed by atoms with Crippen LogP contribution in [0.25, 0.3) is 0 Å². The lowest BCUT2D eigenvalue weighted by Crippen LogP contribution is -2.64. The first kappa shape index (κ1) is 14.2. The summed E-state index contributed by atoms with van der Waals surface area (Å²) >= 11 is 0. The molecule has 3 rings (SSSR count). The molecule has 2 heterocycles. The molecular weight excluding hydrogens is 264 g/mol. The summed E-state index contributed by atoms with van der Waals surface area (Å²) in [6.45, 7) is 4.14. The van der Waals surface area contributed by atoms with Crippen LogP contribution in [-0.4, -0.2) is 66.9 Å². The summed E-state index contributed by atoms with van der Waals surface area (Å²) in [6.07, 6.45) is 1.95. The molecule has 4 nitrogen and oxygen atoms in total. The van der Waals surface area contributed by atoms with Gasteiger partial charge in [-0.15, -0.1) is 0 Å². The molecule has 0 bridgehead atoms. The molecule has 1 saturated carbocycles. The summed E-state index contributed by atoms with van der Waals surface area (Å²) in [7, 11) is 2.11. The number of amides is 1. The van der Waals surface area contributed by atoms with Crippen LogP contribution in [0.2, 0.25) is 0 Å². The standard InChI is InChI=1S/C14H23F2N3O/c1-18-6-7-19(10-13(18)2-4-17-5-3-13)12(20)8-11-9-14(11,15)16/h11,17H,2-10H2,1H3. The van der Waals surface area contributed by atoms with Gasteiger partial charge in [0.25, 0.3) is 5.92 Å². The molecule has 1 N–H and O–H groups in total. The normalized spacial score (nSPS) is 32.4. The third-order valence-electron chi connectivity index (χ3n) is 5.26. The Bertz CT molecular complexity index is 396. The molecule has 1 aliphatic carbocycles. The number of halogens is 2. The number of hydrogen-bond acceptors (Lipinski definition) is 3. The molecule has 0 aromatic heterocycles. The number of hydrogen-bond donors (Lipinski definition) is 1. The topological polar surface area (TPSA) is 35.6 Å². The largest absolute Gasteiger partial charge is 0.340 e. The lowest BCUT2D eigenvalue weighted by Gasteiger charge is -2.51. The van der Waals surface area contributed by atoms with E-state index in [1.54, 1.807) is 0 Å². The fraction of sp³-hybridized carbons (Fsp3) is 0.929. The lowest BCUT2D eigenvalue weighted by atomic mass is 9.84. The van der Waals surface area contributed by atoms with Crippen molar-refractivity contribution in [2.75, 3.05) is 39.8 Å². The van der Waals surface area contributed by atoms with Gasteiger partial charge in [-0.05, 0) is 33.0 Å². The average Bonchev–Trinajstić information content (AvgIpc) is 3.01. The van der Waals surface area contributed by atoms with Gasteiger partial charge < -0.3 is 10.2 Å². The molecule has 6 heteroatoms. The van der Waals surface area contributed by atoms with E-state index in [0.717, 1.165) is 32.5 Å². The minimum atomic E-state index is -2.59. The minimum absolute atomic E-state index is 0.0189. The van der Waals surface area contributed by atoms with Crippen molar-refractivity contribution in [2.24, 2.45) is 5.92 Å². The molecule has 114 valence electrons. The zero-order valence-electron chi connectivity index (χ0n) is 12.0. The van der Waals surface area contributed by atoms with E-state index >= 15 is 0 Å². The number of nitrogens with zero attached hydrogens (tertiary/aromatic N) is 2. The van der Waals surface area contributed by atoms with Crippen LogP contribution in [-0.2, 0) is 4.79 Å². The summed E-state index contributed by atoms with van der Waals surface area (Å²) in [6, 6.07) is 0. The predicted molar refractivity (Wildman–Crippen MR) is 71.7 cm³/mol. The first-order valence-corrected chi connectivity index (χ1v) is 7.51. The fourth-order valence-corrected chi connectivity index (χ4v) is 3.54. The highest BCUT2D eigenvalue weighted by molar-refractivity contribution is 5.77. The molecule has 1 unspecified atom stereocenters. The third-order valence-corrected chi connectivity index (χ3v) is 5.26. The van der Waals surface area contributed by atoms with Crippen LogP contribution in [0.5, 0.6) is 0 Å². The Morgan fingerprint density at radius 1 is 1.30 bits per heavy atom. The zero-order chi connectivity index (χ0) is 14.4. The number of piperidine rings is 1. The maximum atomic E-state index is 12.9. The minimum Gasteiger partial charge on any atom is -0.340 e. The Labute approximate surface area is 118 Å². The molecule has 1 spiro atoms. The van der Waals surface area contributed by atoms with Crippen LogP contribution in [0, 0.1) is 5.92 Å². The van der Waals surface area contributed by atoms with Crippen molar-refractivity contribution in [3.8, 4) is 0 Å². The van der Waals surface area contributed by atoms with Crippen molar-refractivity contribution in [3.05, 3.63) is 0 Å². The van der Waals surface area contributed by atoms with Gasteiger partial charge in [0, 0.05) is 43.9 Å². The Balaban J connectivity index is 1.61. The third kappa shape index (κ3) is 2.55. The quantitative estimate of drug-likeness (QED) is 0.820. The van der Waals surface area contributed by atoms with Crippen molar-refractivity contribution in [1.29, 1.82) is 0 Å². The Morgan fingerprint density at radius 2 is 1.95 bits per heavy atom.